The zero-order valence-electron chi connectivity index (χ0n) is 16.0. The first-order chi connectivity index (χ1) is 12.7. The zero-order valence-corrected chi connectivity index (χ0v) is 16.8. The predicted octanol–water partition coefficient (Wildman–Crippen LogP) is 3.83. The summed E-state index contributed by atoms with van der Waals surface area (Å²) < 4.78 is 4.80. The number of aliphatic hydroxyl groups is 1. The molecule has 1 unspecified atom stereocenters. The molecule has 0 radical (unpaired) electrons. The summed E-state index contributed by atoms with van der Waals surface area (Å²) in [6.07, 6.45) is -0.859. The maximum atomic E-state index is 12.6. The van der Waals surface area contributed by atoms with Crippen LogP contribution in [0.15, 0.2) is 53.4 Å². The average molecular weight is 388 g/mol. The zero-order chi connectivity index (χ0) is 20.0. The summed E-state index contributed by atoms with van der Waals surface area (Å²) in [5.41, 5.74) is 1.09. The van der Waals surface area contributed by atoms with Crippen molar-refractivity contribution in [2.75, 3.05) is 12.9 Å². The van der Waals surface area contributed by atoms with Gasteiger partial charge in [-0.05, 0) is 44.5 Å². The number of hydrogen-bond donors (Lipinski definition) is 2. The van der Waals surface area contributed by atoms with E-state index in [4.69, 9.17) is 4.74 Å². The fourth-order valence-corrected chi connectivity index (χ4v) is 3.53. The van der Waals surface area contributed by atoms with Crippen LogP contribution in [-0.2, 0) is 4.74 Å². The number of carbonyl (C=O) groups is 2. The molecule has 2 N–H and O–H groups in total. The van der Waals surface area contributed by atoms with Crippen LogP contribution in [0.3, 0.4) is 0 Å². The summed E-state index contributed by atoms with van der Waals surface area (Å²) in [6.45, 7) is 5.72. The van der Waals surface area contributed by atoms with Crippen LogP contribution in [0.5, 0.6) is 0 Å². The molecular weight excluding hydrogens is 362 g/mol. The lowest BCUT2D eigenvalue weighted by atomic mass is 10.0. The van der Waals surface area contributed by atoms with Gasteiger partial charge in [0.15, 0.2) is 0 Å². The summed E-state index contributed by atoms with van der Waals surface area (Å²) in [5, 5.41) is 13.6. The highest BCUT2D eigenvalue weighted by atomic mass is 32.2. The smallest absolute Gasteiger partial charge is 0.338 e. The van der Waals surface area contributed by atoms with E-state index in [-0.39, 0.29) is 11.4 Å². The van der Waals surface area contributed by atoms with Crippen molar-refractivity contribution in [3.05, 3.63) is 65.2 Å². The van der Waals surface area contributed by atoms with Gasteiger partial charge in [0, 0.05) is 21.8 Å². The second-order valence-electron chi connectivity index (χ2n) is 7.11. The molecule has 0 aliphatic carbocycles. The Bertz CT molecular complexity index is 814. The molecule has 0 saturated heterocycles. The Hall–Kier alpha value is -2.31. The van der Waals surface area contributed by atoms with E-state index >= 15 is 0 Å². The van der Waals surface area contributed by atoms with Crippen molar-refractivity contribution in [2.45, 2.75) is 37.3 Å². The number of nitrogens with one attached hydrogen (secondary N) is 1. The minimum Gasteiger partial charge on any atom is -0.465 e. The van der Waals surface area contributed by atoms with Gasteiger partial charge in [0.2, 0.25) is 0 Å². The highest BCUT2D eigenvalue weighted by Gasteiger charge is 2.21. The van der Waals surface area contributed by atoms with Crippen LogP contribution in [0, 0.1) is 0 Å². The van der Waals surface area contributed by atoms with Gasteiger partial charge >= 0.3 is 5.97 Å². The molecule has 0 fully saturated rings. The van der Waals surface area contributed by atoms with E-state index in [1.54, 1.807) is 36.4 Å². The number of amides is 1. The third kappa shape index (κ3) is 5.84. The molecule has 5 nitrogen and oxygen atoms in total. The summed E-state index contributed by atoms with van der Waals surface area (Å²) in [5.74, 6) is -0.344. The van der Waals surface area contributed by atoms with Gasteiger partial charge in [-0.3, -0.25) is 4.79 Å². The van der Waals surface area contributed by atoms with E-state index in [2.05, 4.69) is 5.32 Å². The summed E-state index contributed by atoms with van der Waals surface area (Å²) >= 11 is 1.34. The third-order valence-corrected chi connectivity index (χ3v) is 4.89. The fourth-order valence-electron chi connectivity index (χ4n) is 2.53. The molecule has 0 spiro atoms. The van der Waals surface area contributed by atoms with E-state index in [1.165, 1.54) is 18.9 Å². The molecule has 0 saturated carbocycles. The van der Waals surface area contributed by atoms with Gasteiger partial charge in [0.25, 0.3) is 5.91 Å². The SMILES string of the molecule is COC(=O)c1ccccc1SCC(O)c1ccccc1C(=O)NC(C)(C)C. The molecule has 0 aromatic heterocycles. The van der Waals surface area contributed by atoms with Crippen LogP contribution < -0.4 is 5.32 Å². The minimum atomic E-state index is -0.859. The Morgan fingerprint density at radius 3 is 2.30 bits per heavy atom. The summed E-state index contributed by atoms with van der Waals surface area (Å²) in [6, 6.07) is 14.1. The minimum absolute atomic E-state index is 0.225. The molecule has 0 aliphatic heterocycles. The summed E-state index contributed by atoms with van der Waals surface area (Å²) in [4.78, 5) is 25.1. The van der Waals surface area contributed by atoms with Crippen LogP contribution in [0.1, 0.15) is 53.2 Å². The molecule has 1 atom stereocenters. The van der Waals surface area contributed by atoms with Crippen molar-refractivity contribution in [1.29, 1.82) is 0 Å². The predicted molar refractivity (Wildman–Crippen MR) is 107 cm³/mol. The van der Waals surface area contributed by atoms with Crippen LogP contribution in [-0.4, -0.2) is 35.4 Å². The first-order valence-electron chi connectivity index (χ1n) is 8.62. The first kappa shape index (κ1) is 21.0. The number of rotatable bonds is 6. The van der Waals surface area contributed by atoms with Crippen LogP contribution in [0.2, 0.25) is 0 Å². The molecule has 27 heavy (non-hydrogen) atoms. The number of hydrogen-bond acceptors (Lipinski definition) is 5. The molecule has 144 valence electrons. The molecule has 2 rings (SSSR count). The average Bonchev–Trinajstić information content (AvgIpc) is 2.64. The van der Waals surface area contributed by atoms with Gasteiger partial charge in [-0.25, -0.2) is 4.79 Å². The molecule has 1 amide bonds. The molecule has 0 bridgehead atoms. The van der Waals surface area contributed by atoms with E-state index in [9.17, 15) is 14.7 Å². The lowest BCUT2D eigenvalue weighted by Gasteiger charge is -2.22. The number of ether oxygens (including phenoxy) is 1. The quantitative estimate of drug-likeness (QED) is 0.582. The van der Waals surface area contributed by atoms with Crippen molar-refractivity contribution in [2.24, 2.45) is 0 Å². The maximum absolute atomic E-state index is 12.6. The number of esters is 1. The van der Waals surface area contributed by atoms with Gasteiger partial charge in [-0.2, -0.15) is 0 Å². The number of thioether (sulfide) groups is 1. The standard InChI is InChI=1S/C21H25NO4S/c1-21(2,3)22-19(24)15-10-6-5-9-14(15)17(23)13-27-18-12-8-7-11-16(18)20(25)26-4/h5-12,17,23H,13H2,1-4H3,(H,22,24). The lowest BCUT2D eigenvalue weighted by Crippen LogP contribution is -2.41. The van der Waals surface area contributed by atoms with Crippen LogP contribution in [0.25, 0.3) is 0 Å². The molecule has 0 aliphatic rings. The first-order valence-corrected chi connectivity index (χ1v) is 9.61. The third-order valence-electron chi connectivity index (χ3n) is 3.74. The fraction of sp³-hybridized carbons (Fsp3) is 0.333. The van der Waals surface area contributed by atoms with Crippen LogP contribution in [0.4, 0.5) is 0 Å². The maximum Gasteiger partial charge on any atom is 0.338 e. The number of benzene rings is 2. The number of aliphatic hydroxyl groups excluding tert-OH is 1. The molecule has 6 heteroatoms. The Morgan fingerprint density at radius 2 is 1.67 bits per heavy atom. The van der Waals surface area contributed by atoms with Gasteiger partial charge in [-0.1, -0.05) is 30.3 Å². The van der Waals surface area contributed by atoms with Crippen molar-refractivity contribution in [3.63, 3.8) is 0 Å². The molecule has 2 aromatic rings. The van der Waals surface area contributed by atoms with Gasteiger partial charge in [0.1, 0.15) is 0 Å². The van der Waals surface area contributed by atoms with Gasteiger partial charge in [-0.15, -0.1) is 11.8 Å². The molecular formula is C21H25NO4S. The Labute approximate surface area is 164 Å². The largest absolute Gasteiger partial charge is 0.465 e. The van der Waals surface area contributed by atoms with E-state index in [0.29, 0.717) is 22.4 Å². The highest BCUT2D eigenvalue weighted by molar-refractivity contribution is 7.99. The van der Waals surface area contributed by atoms with E-state index in [0.717, 1.165) is 4.90 Å². The van der Waals surface area contributed by atoms with Gasteiger partial charge < -0.3 is 15.2 Å². The molecule has 0 heterocycles. The van der Waals surface area contributed by atoms with Crippen molar-refractivity contribution >= 4 is 23.6 Å². The lowest BCUT2D eigenvalue weighted by molar-refractivity contribution is 0.0596. The number of methoxy groups -OCH3 is 1. The number of carbonyl (C=O) groups excluding carboxylic acids is 2. The van der Waals surface area contributed by atoms with E-state index < -0.39 is 12.1 Å². The Balaban J connectivity index is 2.17. The second kappa shape index (κ2) is 9.06. The van der Waals surface area contributed by atoms with Crippen LogP contribution >= 0.6 is 11.8 Å². The normalized spacial score (nSPS) is 12.3. The van der Waals surface area contributed by atoms with E-state index in [1.807, 2.05) is 32.9 Å². The summed E-state index contributed by atoms with van der Waals surface area (Å²) in [7, 11) is 1.34. The monoisotopic (exact) mass is 387 g/mol. The topological polar surface area (TPSA) is 75.6 Å². The van der Waals surface area contributed by atoms with Crippen molar-refractivity contribution in [1.82, 2.24) is 5.32 Å². The Morgan fingerprint density at radius 1 is 1.07 bits per heavy atom. The second-order valence-corrected chi connectivity index (χ2v) is 8.17. The van der Waals surface area contributed by atoms with Crippen molar-refractivity contribution in [3.8, 4) is 0 Å². The molecule has 2 aromatic carbocycles. The van der Waals surface area contributed by atoms with Gasteiger partial charge in [0.05, 0.1) is 18.8 Å². The Kier molecular flexibility index (Phi) is 7.05. The van der Waals surface area contributed by atoms with Crippen molar-refractivity contribution < 1.29 is 19.4 Å². The highest BCUT2D eigenvalue weighted by Crippen LogP contribution is 2.29.